The summed E-state index contributed by atoms with van der Waals surface area (Å²) in [4.78, 5) is 24.4. The van der Waals surface area contributed by atoms with E-state index >= 15 is 0 Å². The van der Waals surface area contributed by atoms with Gasteiger partial charge in [-0.25, -0.2) is 4.79 Å². The Kier molecular flexibility index (Phi) is 4.20. The first-order valence-electron chi connectivity index (χ1n) is 7.04. The van der Waals surface area contributed by atoms with Crippen LogP contribution in [0.3, 0.4) is 0 Å². The minimum absolute atomic E-state index is 0.117. The van der Waals surface area contributed by atoms with Gasteiger partial charge in [0, 0.05) is 23.2 Å². The van der Waals surface area contributed by atoms with Gasteiger partial charge < -0.3 is 20.1 Å². The van der Waals surface area contributed by atoms with E-state index in [1.54, 1.807) is 18.2 Å². The Hall–Kier alpha value is -3.26. The maximum Gasteiger partial charge on any atom is 0.352 e. The summed E-state index contributed by atoms with van der Waals surface area (Å²) in [5.41, 5.74) is 0.744. The average Bonchev–Trinajstić information content (AvgIpc) is 3.02. The van der Waals surface area contributed by atoms with E-state index in [1.807, 2.05) is 0 Å². The number of hydrogen-bond acceptors (Lipinski definition) is 5. The van der Waals surface area contributed by atoms with E-state index < -0.39 is 10.9 Å². The van der Waals surface area contributed by atoms with Gasteiger partial charge >= 0.3 is 5.97 Å². The highest BCUT2D eigenvalue weighted by atomic mass is 35.5. The third-order valence-electron chi connectivity index (χ3n) is 3.64. The van der Waals surface area contributed by atoms with Gasteiger partial charge in [-0.05, 0) is 24.3 Å². The number of aromatic nitrogens is 1. The lowest BCUT2D eigenvalue weighted by molar-refractivity contribution is -0.383. The zero-order chi connectivity index (χ0) is 18.1. The number of carboxylic acids is 1. The molecule has 3 aromatic rings. The summed E-state index contributed by atoms with van der Waals surface area (Å²) < 4.78 is 5.15. The number of ether oxygens (including phenoxy) is 1. The van der Waals surface area contributed by atoms with Crippen LogP contribution in [0.15, 0.2) is 36.4 Å². The highest BCUT2D eigenvalue weighted by Gasteiger charge is 2.20. The number of carbonyl (C=O) groups is 1. The topological polar surface area (TPSA) is 117 Å². The first kappa shape index (κ1) is 16.6. The normalized spacial score (nSPS) is 10.6. The number of nitrogens with zero attached hydrogens (tertiary/aromatic N) is 1. The van der Waals surface area contributed by atoms with Crippen LogP contribution in [0.25, 0.3) is 10.9 Å². The zero-order valence-electron chi connectivity index (χ0n) is 12.9. The molecule has 1 aromatic heterocycles. The number of carboxylic acid groups (broad SMARTS) is 1. The molecule has 9 heteroatoms. The number of nitro groups is 1. The van der Waals surface area contributed by atoms with Crippen LogP contribution in [0.4, 0.5) is 17.1 Å². The fourth-order valence-electron chi connectivity index (χ4n) is 2.45. The van der Waals surface area contributed by atoms with E-state index in [4.69, 9.17) is 21.4 Å². The summed E-state index contributed by atoms with van der Waals surface area (Å²) in [6.07, 6.45) is 0. The van der Waals surface area contributed by atoms with Crippen LogP contribution in [0.5, 0.6) is 5.75 Å². The number of hydrogen-bond donors (Lipinski definition) is 3. The Labute approximate surface area is 146 Å². The van der Waals surface area contributed by atoms with E-state index in [-0.39, 0.29) is 16.9 Å². The van der Waals surface area contributed by atoms with Gasteiger partial charge in [-0.15, -0.1) is 0 Å². The Morgan fingerprint density at radius 2 is 2.04 bits per heavy atom. The summed E-state index contributed by atoms with van der Waals surface area (Å²) in [5.74, 6) is -0.638. The van der Waals surface area contributed by atoms with Gasteiger partial charge in [0.2, 0.25) is 0 Å². The van der Waals surface area contributed by atoms with Crippen molar-refractivity contribution in [2.45, 2.75) is 0 Å². The van der Waals surface area contributed by atoms with Gasteiger partial charge in [0.15, 0.2) is 0 Å². The third kappa shape index (κ3) is 3.07. The molecular weight excluding hydrogens is 350 g/mol. The second-order valence-corrected chi connectivity index (χ2v) is 5.54. The van der Waals surface area contributed by atoms with E-state index in [9.17, 15) is 14.9 Å². The molecule has 0 bridgehead atoms. The fraction of sp³-hybridized carbons (Fsp3) is 0.0625. The monoisotopic (exact) mass is 361 g/mol. The number of aromatic carboxylic acids is 1. The molecule has 0 fully saturated rings. The largest absolute Gasteiger partial charge is 0.497 e. The van der Waals surface area contributed by atoms with Crippen LogP contribution in [0.2, 0.25) is 5.02 Å². The summed E-state index contributed by atoms with van der Waals surface area (Å²) in [6, 6.07) is 9.13. The van der Waals surface area contributed by atoms with Gasteiger partial charge in [0.05, 0.1) is 22.7 Å². The van der Waals surface area contributed by atoms with Crippen molar-refractivity contribution in [1.82, 2.24) is 4.98 Å². The number of H-pyrrole nitrogens is 1. The number of rotatable bonds is 5. The molecule has 0 amide bonds. The minimum Gasteiger partial charge on any atom is -0.497 e. The van der Waals surface area contributed by atoms with E-state index in [0.29, 0.717) is 27.5 Å². The van der Waals surface area contributed by atoms with Crippen LogP contribution in [-0.2, 0) is 0 Å². The average molecular weight is 362 g/mol. The van der Waals surface area contributed by atoms with Crippen LogP contribution in [0, 0.1) is 10.1 Å². The lowest BCUT2D eigenvalue weighted by Crippen LogP contribution is -1.96. The molecule has 0 aliphatic carbocycles. The van der Waals surface area contributed by atoms with Crippen molar-refractivity contribution >= 4 is 45.5 Å². The zero-order valence-corrected chi connectivity index (χ0v) is 13.6. The van der Waals surface area contributed by atoms with E-state index in [1.165, 1.54) is 25.3 Å². The predicted octanol–water partition coefficient (Wildman–Crippen LogP) is 4.18. The Morgan fingerprint density at radius 1 is 1.28 bits per heavy atom. The second-order valence-electron chi connectivity index (χ2n) is 5.14. The highest BCUT2D eigenvalue weighted by molar-refractivity contribution is 6.33. The molecule has 0 unspecified atom stereocenters. The second kappa shape index (κ2) is 6.33. The first-order chi connectivity index (χ1) is 11.9. The standard InChI is InChI=1S/C16H12ClN3O5/c1-25-8-2-3-10(17)12(6-8)18-11-4-5-14(20(23)24)15-9(11)7-13(19-15)16(21)22/h2-7,18-19H,1H3,(H,21,22). The molecule has 3 rings (SSSR count). The molecule has 3 N–H and O–H groups in total. The van der Waals surface area contributed by atoms with Crippen LogP contribution < -0.4 is 10.1 Å². The molecule has 128 valence electrons. The highest BCUT2D eigenvalue weighted by Crippen LogP contribution is 2.36. The SMILES string of the molecule is COc1ccc(Cl)c(Nc2ccc([N+](=O)[O-])c3[nH]c(C(=O)O)cc23)c1. The van der Waals surface area contributed by atoms with Crippen molar-refractivity contribution in [3.05, 3.63) is 57.2 Å². The molecular formula is C16H12ClN3O5. The maximum absolute atomic E-state index is 11.2. The van der Waals surface area contributed by atoms with Gasteiger partial charge in [0.25, 0.3) is 5.69 Å². The smallest absolute Gasteiger partial charge is 0.352 e. The van der Waals surface area contributed by atoms with Gasteiger partial charge in [-0.2, -0.15) is 0 Å². The maximum atomic E-state index is 11.2. The number of nitrogens with one attached hydrogen (secondary N) is 2. The van der Waals surface area contributed by atoms with Crippen molar-refractivity contribution in [2.24, 2.45) is 0 Å². The number of benzene rings is 2. The Morgan fingerprint density at radius 3 is 2.68 bits per heavy atom. The number of nitro benzene ring substituents is 1. The molecule has 0 saturated carbocycles. The van der Waals surface area contributed by atoms with Crippen LogP contribution in [-0.4, -0.2) is 28.1 Å². The number of non-ortho nitro benzene ring substituents is 1. The minimum atomic E-state index is -1.21. The van der Waals surface area contributed by atoms with Crippen molar-refractivity contribution in [3.63, 3.8) is 0 Å². The van der Waals surface area contributed by atoms with E-state index in [2.05, 4.69) is 10.3 Å². The molecule has 0 atom stereocenters. The van der Waals surface area contributed by atoms with Crippen LogP contribution >= 0.6 is 11.6 Å². The Balaban J connectivity index is 2.15. The van der Waals surface area contributed by atoms with Gasteiger partial charge in [-0.1, -0.05) is 11.6 Å². The molecule has 0 spiro atoms. The molecule has 0 aliphatic heterocycles. The molecule has 2 aromatic carbocycles. The number of anilines is 2. The predicted molar refractivity (Wildman–Crippen MR) is 93.2 cm³/mol. The lowest BCUT2D eigenvalue weighted by Gasteiger charge is -2.11. The molecule has 0 saturated heterocycles. The van der Waals surface area contributed by atoms with E-state index in [0.717, 1.165) is 0 Å². The van der Waals surface area contributed by atoms with Crippen molar-refractivity contribution < 1.29 is 19.6 Å². The number of aromatic amines is 1. The summed E-state index contributed by atoms with van der Waals surface area (Å²) in [7, 11) is 1.52. The van der Waals surface area contributed by atoms with Crippen molar-refractivity contribution in [2.75, 3.05) is 12.4 Å². The van der Waals surface area contributed by atoms with Gasteiger partial charge in [-0.3, -0.25) is 10.1 Å². The lowest BCUT2D eigenvalue weighted by atomic mass is 10.1. The molecule has 1 heterocycles. The molecule has 25 heavy (non-hydrogen) atoms. The summed E-state index contributed by atoms with van der Waals surface area (Å²) >= 11 is 6.16. The van der Waals surface area contributed by atoms with Crippen molar-refractivity contribution in [3.8, 4) is 5.75 Å². The number of fused-ring (bicyclic) bond motifs is 1. The van der Waals surface area contributed by atoms with Gasteiger partial charge in [0.1, 0.15) is 17.0 Å². The molecule has 8 nitrogen and oxygen atoms in total. The summed E-state index contributed by atoms with van der Waals surface area (Å²) in [5, 5.41) is 24.2. The first-order valence-corrected chi connectivity index (χ1v) is 7.42. The third-order valence-corrected chi connectivity index (χ3v) is 3.97. The molecule has 0 radical (unpaired) electrons. The number of halogens is 1. The Bertz CT molecular complexity index is 999. The summed E-state index contributed by atoms with van der Waals surface area (Å²) in [6.45, 7) is 0. The van der Waals surface area contributed by atoms with Crippen molar-refractivity contribution in [1.29, 1.82) is 0 Å². The fourth-order valence-corrected chi connectivity index (χ4v) is 2.62. The quantitative estimate of drug-likeness (QED) is 0.463. The van der Waals surface area contributed by atoms with Crippen LogP contribution in [0.1, 0.15) is 10.5 Å². The number of methoxy groups -OCH3 is 1. The molecule has 0 aliphatic rings.